The maximum Gasteiger partial charge on any atom is 0.124 e. The molecule has 2 unspecified atom stereocenters. The number of aldehydes is 1. The summed E-state index contributed by atoms with van der Waals surface area (Å²) >= 11 is 0. The molecule has 0 aromatic carbocycles. The molecule has 2 aliphatic rings. The van der Waals surface area contributed by atoms with Gasteiger partial charge in [0.15, 0.2) is 0 Å². The molecule has 86 valence electrons. The van der Waals surface area contributed by atoms with Gasteiger partial charge in [0.05, 0.1) is 20.1 Å². The molecule has 0 amide bonds. The summed E-state index contributed by atoms with van der Waals surface area (Å²) in [5.74, 6) is 0.317. The summed E-state index contributed by atoms with van der Waals surface area (Å²) in [6.07, 6.45) is 6.12. The minimum absolute atomic E-state index is 0.317. The minimum Gasteiger partial charge on any atom is -0.335 e. The SMILES string of the molecule is C[NH+]1CCN(C2CCCCC2C=O)CC1. The third kappa shape index (κ3) is 2.58. The van der Waals surface area contributed by atoms with Gasteiger partial charge in [0.25, 0.3) is 0 Å². The Morgan fingerprint density at radius 3 is 2.53 bits per heavy atom. The number of piperazine rings is 1. The average Bonchev–Trinajstić information content (AvgIpc) is 2.30. The van der Waals surface area contributed by atoms with Crippen molar-refractivity contribution in [1.82, 2.24) is 4.90 Å². The van der Waals surface area contributed by atoms with Gasteiger partial charge >= 0.3 is 0 Å². The van der Waals surface area contributed by atoms with Gasteiger partial charge in [-0.3, -0.25) is 4.90 Å². The molecule has 0 radical (unpaired) electrons. The number of likely N-dealkylation sites (N-methyl/N-ethyl adjacent to an activating group) is 1. The lowest BCUT2D eigenvalue weighted by molar-refractivity contribution is -0.884. The van der Waals surface area contributed by atoms with E-state index in [0.29, 0.717) is 12.0 Å². The van der Waals surface area contributed by atoms with Gasteiger partial charge in [-0.2, -0.15) is 0 Å². The maximum atomic E-state index is 11.0. The molecule has 1 aliphatic carbocycles. The molecule has 1 saturated carbocycles. The number of nitrogens with one attached hydrogen (secondary N) is 1. The predicted octanol–water partition coefficient (Wildman–Crippen LogP) is -0.426. The Kier molecular flexibility index (Phi) is 3.76. The van der Waals surface area contributed by atoms with E-state index >= 15 is 0 Å². The van der Waals surface area contributed by atoms with Crippen LogP contribution in [-0.4, -0.2) is 50.5 Å². The number of hydrogen-bond donors (Lipinski definition) is 1. The molecule has 3 heteroatoms. The van der Waals surface area contributed by atoms with E-state index in [1.807, 2.05) is 0 Å². The van der Waals surface area contributed by atoms with Crippen molar-refractivity contribution in [2.24, 2.45) is 5.92 Å². The van der Waals surface area contributed by atoms with Gasteiger partial charge in [-0.1, -0.05) is 12.8 Å². The average molecular weight is 211 g/mol. The zero-order valence-electron chi connectivity index (χ0n) is 9.74. The summed E-state index contributed by atoms with van der Waals surface area (Å²) < 4.78 is 0. The second kappa shape index (κ2) is 5.08. The predicted molar refractivity (Wildman–Crippen MR) is 60.0 cm³/mol. The third-order valence-corrected chi connectivity index (χ3v) is 4.08. The molecule has 2 atom stereocenters. The highest BCUT2D eigenvalue weighted by atomic mass is 16.1. The zero-order chi connectivity index (χ0) is 10.7. The molecule has 1 saturated heterocycles. The second-order valence-corrected chi connectivity index (χ2v) is 5.14. The molecule has 0 aromatic heterocycles. The molecule has 1 aliphatic heterocycles. The number of hydrogen-bond acceptors (Lipinski definition) is 2. The van der Waals surface area contributed by atoms with E-state index < -0.39 is 0 Å². The summed E-state index contributed by atoms with van der Waals surface area (Å²) in [4.78, 5) is 15.2. The standard InChI is InChI=1S/C12H22N2O/c1-13-6-8-14(9-7-13)12-5-3-2-4-11(12)10-15/h10-12H,2-9H2,1H3/p+1. The Hall–Kier alpha value is -0.410. The number of quaternary nitrogens is 1. The molecule has 3 nitrogen and oxygen atoms in total. The highest BCUT2D eigenvalue weighted by Gasteiger charge is 2.32. The fraction of sp³-hybridized carbons (Fsp3) is 0.917. The van der Waals surface area contributed by atoms with Crippen molar-refractivity contribution >= 4 is 6.29 Å². The molecule has 2 fully saturated rings. The van der Waals surface area contributed by atoms with E-state index in [0.717, 1.165) is 6.42 Å². The molecule has 2 rings (SSSR count). The molecular formula is C12H23N2O+. The highest BCUT2D eigenvalue weighted by molar-refractivity contribution is 5.55. The first-order valence-electron chi connectivity index (χ1n) is 6.32. The summed E-state index contributed by atoms with van der Waals surface area (Å²) in [6.45, 7) is 4.84. The highest BCUT2D eigenvalue weighted by Crippen LogP contribution is 2.26. The first-order chi connectivity index (χ1) is 7.31. The van der Waals surface area contributed by atoms with Gasteiger partial charge in [-0.15, -0.1) is 0 Å². The molecule has 0 bridgehead atoms. The Morgan fingerprint density at radius 1 is 1.20 bits per heavy atom. The topological polar surface area (TPSA) is 24.8 Å². The molecule has 1 heterocycles. The minimum atomic E-state index is 0.317. The van der Waals surface area contributed by atoms with Gasteiger partial charge in [0.2, 0.25) is 0 Å². The van der Waals surface area contributed by atoms with Crippen LogP contribution in [-0.2, 0) is 4.79 Å². The van der Waals surface area contributed by atoms with Crippen molar-refractivity contribution in [1.29, 1.82) is 0 Å². The largest absolute Gasteiger partial charge is 0.335 e. The van der Waals surface area contributed by atoms with Crippen LogP contribution in [0.15, 0.2) is 0 Å². The van der Waals surface area contributed by atoms with E-state index in [-0.39, 0.29) is 0 Å². The summed E-state index contributed by atoms with van der Waals surface area (Å²) in [5.41, 5.74) is 0. The molecule has 15 heavy (non-hydrogen) atoms. The van der Waals surface area contributed by atoms with Crippen LogP contribution in [0.1, 0.15) is 25.7 Å². The van der Waals surface area contributed by atoms with E-state index in [2.05, 4.69) is 11.9 Å². The van der Waals surface area contributed by atoms with Crippen LogP contribution >= 0.6 is 0 Å². The number of carbonyl (C=O) groups excluding carboxylic acids is 1. The van der Waals surface area contributed by atoms with Crippen LogP contribution in [0.25, 0.3) is 0 Å². The fourth-order valence-electron chi connectivity index (χ4n) is 2.99. The van der Waals surface area contributed by atoms with Crippen LogP contribution in [0.2, 0.25) is 0 Å². The van der Waals surface area contributed by atoms with Gasteiger partial charge in [0.1, 0.15) is 6.29 Å². The molecule has 0 spiro atoms. The number of carbonyl (C=O) groups is 1. The Morgan fingerprint density at radius 2 is 1.87 bits per heavy atom. The normalized spacial score (nSPS) is 35.3. The van der Waals surface area contributed by atoms with Crippen molar-refractivity contribution in [3.63, 3.8) is 0 Å². The first kappa shape index (κ1) is 11.1. The van der Waals surface area contributed by atoms with Crippen molar-refractivity contribution < 1.29 is 9.69 Å². The van der Waals surface area contributed by atoms with Gasteiger partial charge in [-0.25, -0.2) is 0 Å². The lowest BCUT2D eigenvalue weighted by Gasteiger charge is -2.40. The lowest BCUT2D eigenvalue weighted by Crippen LogP contribution is -3.12. The second-order valence-electron chi connectivity index (χ2n) is 5.14. The lowest BCUT2D eigenvalue weighted by atomic mass is 9.84. The van der Waals surface area contributed by atoms with Crippen LogP contribution < -0.4 is 4.90 Å². The Labute approximate surface area is 92.4 Å². The zero-order valence-corrected chi connectivity index (χ0v) is 9.74. The van der Waals surface area contributed by atoms with Gasteiger partial charge in [-0.05, 0) is 12.8 Å². The summed E-state index contributed by atoms with van der Waals surface area (Å²) in [5, 5.41) is 0. The maximum absolute atomic E-state index is 11.0. The smallest absolute Gasteiger partial charge is 0.124 e. The van der Waals surface area contributed by atoms with Crippen LogP contribution in [0.4, 0.5) is 0 Å². The monoisotopic (exact) mass is 211 g/mol. The summed E-state index contributed by atoms with van der Waals surface area (Å²) in [6, 6.07) is 0.560. The Bertz CT molecular complexity index is 212. The van der Waals surface area contributed by atoms with E-state index in [1.54, 1.807) is 4.90 Å². The van der Waals surface area contributed by atoms with E-state index in [4.69, 9.17) is 0 Å². The third-order valence-electron chi connectivity index (χ3n) is 4.08. The summed E-state index contributed by atoms with van der Waals surface area (Å²) in [7, 11) is 2.26. The quantitative estimate of drug-likeness (QED) is 0.627. The van der Waals surface area contributed by atoms with Crippen molar-refractivity contribution in [2.75, 3.05) is 33.2 Å². The van der Waals surface area contributed by atoms with Crippen LogP contribution in [0.3, 0.4) is 0 Å². The van der Waals surface area contributed by atoms with Crippen LogP contribution in [0, 0.1) is 5.92 Å². The van der Waals surface area contributed by atoms with Crippen molar-refractivity contribution in [2.45, 2.75) is 31.7 Å². The molecule has 0 aromatic rings. The number of rotatable bonds is 2. The van der Waals surface area contributed by atoms with Crippen molar-refractivity contribution in [3.05, 3.63) is 0 Å². The van der Waals surface area contributed by atoms with Gasteiger partial charge in [0, 0.05) is 25.0 Å². The van der Waals surface area contributed by atoms with Crippen LogP contribution in [0.5, 0.6) is 0 Å². The van der Waals surface area contributed by atoms with Gasteiger partial charge < -0.3 is 9.69 Å². The van der Waals surface area contributed by atoms with E-state index in [1.165, 1.54) is 51.7 Å². The first-order valence-corrected chi connectivity index (χ1v) is 6.32. The molecule has 1 N–H and O–H groups in total. The number of nitrogens with zero attached hydrogens (tertiary/aromatic N) is 1. The van der Waals surface area contributed by atoms with E-state index in [9.17, 15) is 4.79 Å². The molecular weight excluding hydrogens is 188 g/mol. The fourth-order valence-corrected chi connectivity index (χ4v) is 2.99. The Balaban J connectivity index is 1.92. The van der Waals surface area contributed by atoms with Crippen molar-refractivity contribution in [3.8, 4) is 0 Å².